The van der Waals surface area contributed by atoms with Crippen LogP contribution in [0, 0.1) is 0 Å². The van der Waals surface area contributed by atoms with Gasteiger partial charge in [-0.2, -0.15) is 0 Å². The van der Waals surface area contributed by atoms with E-state index in [9.17, 15) is 0 Å². The van der Waals surface area contributed by atoms with Gasteiger partial charge in [-0.1, -0.05) is 12.2 Å². The molecule has 1 aromatic rings. The molecule has 96 valence electrons. The minimum Gasteiger partial charge on any atom is -0.389 e. The molecule has 0 amide bonds. The van der Waals surface area contributed by atoms with Gasteiger partial charge in [0.1, 0.15) is 10.8 Å². The molecule has 1 saturated carbocycles. The normalized spacial score (nSPS) is 27.0. The predicted molar refractivity (Wildman–Crippen MR) is 74.8 cm³/mol. The summed E-state index contributed by atoms with van der Waals surface area (Å²) < 4.78 is 5.81. The molecule has 0 bridgehead atoms. The summed E-state index contributed by atoms with van der Waals surface area (Å²) in [5, 5.41) is 0. The molecule has 1 aliphatic heterocycles. The monoisotopic (exact) mass is 263 g/mol. The smallest absolute Gasteiger partial charge is 0.128 e. The molecule has 5 heteroatoms. The van der Waals surface area contributed by atoms with Gasteiger partial charge in [-0.05, 0) is 31.4 Å². The molecule has 0 radical (unpaired) electrons. The van der Waals surface area contributed by atoms with E-state index < -0.39 is 0 Å². The number of nitrogens with two attached hydrogens (primary N) is 1. The van der Waals surface area contributed by atoms with Gasteiger partial charge in [0, 0.05) is 18.3 Å². The van der Waals surface area contributed by atoms with Crippen molar-refractivity contribution in [3.05, 3.63) is 23.9 Å². The number of nitrogens with zero attached hydrogens (tertiary/aromatic N) is 2. The van der Waals surface area contributed by atoms with Crippen molar-refractivity contribution in [1.82, 2.24) is 4.98 Å². The highest BCUT2D eigenvalue weighted by Gasteiger charge is 2.36. The fourth-order valence-corrected chi connectivity index (χ4v) is 3.03. The van der Waals surface area contributed by atoms with Crippen molar-refractivity contribution in [3.8, 4) is 0 Å². The molecule has 2 heterocycles. The molecule has 3 rings (SSSR count). The largest absolute Gasteiger partial charge is 0.389 e. The highest BCUT2D eigenvalue weighted by Crippen LogP contribution is 2.32. The Labute approximate surface area is 112 Å². The fourth-order valence-electron chi connectivity index (χ4n) is 2.91. The van der Waals surface area contributed by atoms with Crippen molar-refractivity contribution in [3.63, 3.8) is 0 Å². The summed E-state index contributed by atoms with van der Waals surface area (Å²) in [4.78, 5) is 7.25. The second-order valence-electron chi connectivity index (χ2n) is 4.87. The summed E-state index contributed by atoms with van der Waals surface area (Å²) in [6, 6.07) is 4.45. The number of thiocarbonyl (C=S) groups is 1. The average Bonchev–Trinajstić information content (AvgIpc) is 2.87. The quantitative estimate of drug-likeness (QED) is 0.819. The van der Waals surface area contributed by atoms with E-state index in [4.69, 9.17) is 22.7 Å². The number of ether oxygens (including phenoxy) is 1. The Morgan fingerprint density at radius 3 is 3.06 bits per heavy atom. The van der Waals surface area contributed by atoms with E-state index in [1.165, 1.54) is 19.3 Å². The van der Waals surface area contributed by atoms with Crippen molar-refractivity contribution in [2.45, 2.75) is 31.4 Å². The Bertz CT molecular complexity index is 448. The van der Waals surface area contributed by atoms with Crippen LogP contribution in [0.15, 0.2) is 18.3 Å². The van der Waals surface area contributed by atoms with E-state index in [0.29, 0.717) is 17.1 Å². The van der Waals surface area contributed by atoms with Gasteiger partial charge in [0.05, 0.1) is 18.8 Å². The van der Waals surface area contributed by atoms with Crippen LogP contribution >= 0.6 is 12.2 Å². The Balaban J connectivity index is 1.82. The van der Waals surface area contributed by atoms with E-state index in [2.05, 4.69) is 9.88 Å². The molecular formula is C13H17N3OS. The zero-order valence-corrected chi connectivity index (χ0v) is 11.0. The summed E-state index contributed by atoms with van der Waals surface area (Å²) in [6.45, 7) is 1.71. The van der Waals surface area contributed by atoms with Gasteiger partial charge in [0.15, 0.2) is 0 Å². The van der Waals surface area contributed by atoms with Crippen LogP contribution in [-0.4, -0.2) is 35.3 Å². The second-order valence-corrected chi connectivity index (χ2v) is 5.31. The summed E-state index contributed by atoms with van der Waals surface area (Å²) >= 11 is 4.94. The van der Waals surface area contributed by atoms with Crippen molar-refractivity contribution < 1.29 is 4.74 Å². The fraction of sp³-hybridized carbons (Fsp3) is 0.538. The summed E-state index contributed by atoms with van der Waals surface area (Å²) in [5.41, 5.74) is 6.41. The number of morpholine rings is 1. The van der Waals surface area contributed by atoms with Gasteiger partial charge in [-0.3, -0.25) is 0 Å². The molecule has 2 unspecified atom stereocenters. The number of pyridine rings is 1. The minimum atomic E-state index is 0.385. The van der Waals surface area contributed by atoms with E-state index >= 15 is 0 Å². The zero-order valence-electron chi connectivity index (χ0n) is 10.2. The van der Waals surface area contributed by atoms with Crippen LogP contribution < -0.4 is 10.6 Å². The maximum atomic E-state index is 5.81. The van der Waals surface area contributed by atoms with Gasteiger partial charge in [-0.25, -0.2) is 4.98 Å². The summed E-state index contributed by atoms with van der Waals surface area (Å²) in [5.74, 6) is 1.01. The van der Waals surface area contributed by atoms with E-state index in [1.54, 1.807) is 6.20 Å². The third-order valence-corrected chi connectivity index (χ3v) is 4.04. The molecule has 2 N–H and O–H groups in total. The standard InChI is InChI=1S/C13H17N3OS/c14-13(18)9-4-5-12(15-8-9)16-6-7-17-11-3-1-2-10(11)16/h4-5,8,10-11H,1-3,6-7H2,(H2,14,18). The molecule has 1 aromatic heterocycles. The van der Waals surface area contributed by atoms with Crippen molar-refractivity contribution in [1.29, 1.82) is 0 Å². The van der Waals surface area contributed by atoms with Crippen LogP contribution in [-0.2, 0) is 4.74 Å². The maximum Gasteiger partial charge on any atom is 0.128 e. The molecule has 1 aliphatic carbocycles. The highest BCUT2D eigenvalue weighted by atomic mass is 32.1. The Morgan fingerprint density at radius 1 is 1.44 bits per heavy atom. The lowest BCUT2D eigenvalue weighted by Gasteiger charge is -2.38. The Hall–Kier alpha value is -1.20. The van der Waals surface area contributed by atoms with Crippen LogP contribution in [0.25, 0.3) is 0 Å². The first-order valence-corrected chi connectivity index (χ1v) is 6.80. The highest BCUT2D eigenvalue weighted by molar-refractivity contribution is 7.80. The van der Waals surface area contributed by atoms with Gasteiger partial charge < -0.3 is 15.4 Å². The van der Waals surface area contributed by atoms with Gasteiger partial charge in [0.25, 0.3) is 0 Å². The molecule has 2 atom stereocenters. The van der Waals surface area contributed by atoms with Crippen molar-refractivity contribution in [2.24, 2.45) is 5.73 Å². The molecule has 2 aliphatic rings. The van der Waals surface area contributed by atoms with Crippen molar-refractivity contribution >= 4 is 23.0 Å². The third-order valence-electron chi connectivity index (χ3n) is 3.81. The number of fused-ring (bicyclic) bond motifs is 1. The van der Waals surface area contributed by atoms with E-state index in [1.807, 2.05) is 12.1 Å². The topological polar surface area (TPSA) is 51.4 Å². The number of hydrogen-bond donors (Lipinski definition) is 1. The van der Waals surface area contributed by atoms with Crippen molar-refractivity contribution in [2.75, 3.05) is 18.1 Å². The molecule has 4 nitrogen and oxygen atoms in total. The lowest BCUT2D eigenvalue weighted by Crippen LogP contribution is -2.49. The first-order chi connectivity index (χ1) is 8.75. The molecular weight excluding hydrogens is 246 g/mol. The zero-order chi connectivity index (χ0) is 12.5. The molecule has 0 spiro atoms. The molecule has 1 saturated heterocycles. The third kappa shape index (κ3) is 2.08. The second kappa shape index (κ2) is 4.82. The predicted octanol–water partition coefficient (Wildman–Crippen LogP) is 1.47. The van der Waals surface area contributed by atoms with Crippen LogP contribution in [0.5, 0.6) is 0 Å². The molecule has 2 fully saturated rings. The number of aromatic nitrogens is 1. The first-order valence-electron chi connectivity index (χ1n) is 6.40. The number of anilines is 1. The molecule has 18 heavy (non-hydrogen) atoms. The van der Waals surface area contributed by atoms with Gasteiger partial charge >= 0.3 is 0 Å². The van der Waals surface area contributed by atoms with Gasteiger partial charge in [-0.15, -0.1) is 0 Å². The van der Waals surface area contributed by atoms with Crippen LogP contribution in [0.1, 0.15) is 24.8 Å². The lowest BCUT2D eigenvalue weighted by atomic mass is 10.1. The summed E-state index contributed by atoms with van der Waals surface area (Å²) in [7, 11) is 0. The Kier molecular flexibility index (Phi) is 3.18. The maximum absolute atomic E-state index is 5.81. The van der Waals surface area contributed by atoms with Crippen LogP contribution in [0.3, 0.4) is 0 Å². The first kappa shape index (κ1) is 11.9. The molecule has 0 aromatic carbocycles. The minimum absolute atomic E-state index is 0.385. The van der Waals surface area contributed by atoms with Gasteiger partial charge in [0.2, 0.25) is 0 Å². The van der Waals surface area contributed by atoms with E-state index in [-0.39, 0.29) is 0 Å². The van der Waals surface area contributed by atoms with Crippen LogP contribution in [0.2, 0.25) is 0 Å². The average molecular weight is 263 g/mol. The Morgan fingerprint density at radius 2 is 2.33 bits per heavy atom. The number of rotatable bonds is 2. The lowest BCUT2D eigenvalue weighted by molar-refractivity contribution is 0.0253. The number of hydrogen-bond acceptors (Lipinski definition) is 4. The van der Waals surface area contributed by atoms with E-state index in [0.717, 1.165) is 24.5 Å². The summed E-state index contributed by atoms with van der Waals surface area (Å²) in [6.07, 6.45) is 5.76. The van der Waals surface area contributed by atoms with Crippen LogP contribution in [0.4, 0.5) is 5.82 Å². The SMILES string of the molecule is NC(=S)c1ccc(N2CCOC3CCCC32)nc1.